The Morgan fingerprint density at radius 3 is 2.77 bits per heavy atom. The molecule has 1 N–H and O–H groups in total. The third kappa shape index (κ3) is 4.86. The van der Waals surface area contributed by atoms with Gasteiger partial charge in [-0.2, -0.15) is 0 Å². The summed E-state index contributed by atoms with van der Waals surface area (Å²) in [6.45, 7) is 0.523. The Morgan fingerprint density at radius 1 is 1.17 bits per heavy atom. The minimum atomic E-state index is -0.347. The number of amides is 1. The number of aromatic nitrogens is 4. The van der Waals surface area contributed by atoms with Crippen molar-refractivity contribution >= 4 is 17.5 Å². The monoisotopic (exact) mass is 408 g/mol. The summed E-state index contributed by atoms with van der Waals surface area (Å²) >= 11 is 0. The highest BCUT2D eigenvalue weighted by Crippen LogP contribution is 2.30. The minimum absolute atomic E-state index is 0.111. The molecular weight excluding hydrogens is 387 g/mol. The van der Waals surface area contributed by atoms with Gasteiger partial charge >= 0.3 is 0 Å². The maximum absolute atomic E-state index is 13.0. The van der Waals surface area contributed by atoms with Crippen LogP contribution in [0, 0.1) is 5.82 Å². The van der Waals surface area contributed by atoms with Crippen molar-refractivity contribution in [1.29, 1.82) is 0 Å². The van der Waals surface area contributed by atoms with Crippen LogP contribution in [0.1, 0.15) is 31.0 Å². The van der Waals surface area contributed by atoms with Crippen molar-refractivity contribution in [2.75, 3.05) is 18.5 Å². The van der Waals surface area contributed by atoms with E-state index in [2.05, 4.69) is 25.3 Å². The van der Waals surface area contributed by atoms with Gasteiger partial charge in [0.05, 0.1) is 29.8 Å². The topological polar surface area (TPSA) is 93.1 Å². The predicted octanol–water partition coefficient (Wildman–Crippen LogP) is 3.28. The van der Waals surface area contributed by atoms with Crippen molar-refractivity contribution < 1.29 is 13.9 Å². The Balaban J connectivity index is 1.45. The van der Waals surface area contributed by atoms with Gasteiger partial charge in [-0.05, 0) is 49.6 Å². The van der Waals surface area contributed by atoms with Gasteiger partial charge in [0.15, 0.2) is 6.61 Å². The summed E-state index contributed by atoms with van der Waals surface area (Å²) in [6.07, 6.45) is 9.12. The number of ether oxygens (including phenoxy) is 1. The summed E-state index contributed by atoms with van der Waals surface area (Å²) in [4.78, 5) is 31.4. The number of halogens is 1. The van der Waals surface area contributed by atoms with Crippen molar-refractivity contribution in [3.63, 3.8) is 0 Å². The fourth-order valence-corrected chi connectivity index (χ4v) is 3.41. The van der Waals surface area contributed by atoms with Gasteiger partial charge in [0, 0.05) is 12.7 Å². The number of hydrogen-bond donors (Lipinski definition) is 1. The van der Waals surface area contributed by atoms with Gasteiger partial charge in [-0.1, -0.05) is 0 Å². The number of nitrogens with zero attached hydrogens (tertiary/aromatic N) is 5. The zero-order valence-electron chi connectivity index (χ0n) is 16.2. The third-order valence-electron chi connectivity index (χ3n) is 4.83. The first-order chi connectivity index (χ1) is 14.7. The van der Waals surface area contributed by atoms with Crippen molar-refractivity contribution in [3.05, 3.63) is 66.8 Å². The first-order valence-corrected chi connectivity index (χ1v) is 9.72. The van der Waals surface area contributed by atoms with Crippen LogP contribution < -0.4 is 10.1 Å². The molecule has 1 aliphatic heterocycles. The lowest BCUT2D eigenvalue weighted by molar-refractivity contribution is -0.137. The molecule has 0 aliphatic carbocycles. The van der Waals surface area contributed by atoms with E-state index in [1.54, 1.807) is 23.5 Å². The molecule has 8 nitrogen and oxygen atoms in total. The molecule has 30 heavy (non-hydrogen) atoms. The first-order valence-electron chi connectivity index (χ1n) is 9.72. The Morgan fingerprint density at radius 2 is 1.97 bits per heavy atom. The quantitative estimate of drug-likeness (QED) is 0.669. The first kappa shape index (κ1) is 19.7. The maximum atomic E-state index is 13.0. The van der Waals surface area contributed by atoms with E-state index in [0.29, 0.717) is 23.9 Å². The number of carbonyl (C=O) groups excluding carboxylic acids is 1. The largest absolute Gasteiger partial charge is 0.484 e. The highest BCUT2D eigenvalue weighted by atomic mass is 19.1. The number of hydrogen-bond acceptors (Lipinski definition) is 7. The standard InChI is InChI=1S/C21H21FN6O2/c22-15-4-6-17(7-5-15)30-13-20(29)28-10-2-1-3-19(28)18-8-9-25-21(27-18)26-16-11-23-14-24-12-16/h4-9,11-12,14,19H,1-3,10,13H2,(H,25,26,27)/t19-/m0/s1. The van der Waals surface area contributed by atoms with Crippen LogP contribution in [0.5, 0.6) is 5.75 Å². The average molecular weight is 408 g/mol. The molecule has 0 unspecified atom stereocenters. The fraction of sp³-hybridized carbons (Fsp3) is 0.286. The van der Waals surface area contributed by atoms with Crippen LogP contribution in [-0.4, -0.2) is 43.9 Å². The average Bonchev–Trinajstić information content (AvgIpc) is 2.79. The highest BCUT2D eigenvalue weighted by Gasteiger charge is 2.29. The molecule has 1 aromatic carbocycles. The Kier molecular flexibility index (Phi) is 6.07. The summed E-state index contributed by atoms with van der Waals surface area (Å²) in [7, 11) is 0. The molecule has 154 valence electrons. The molecule has 1 atom stereocenters. The smallest absolute Gasteiger partial charge is 0.261 e. The van der Waals surface area contributed by atoms with E-state index in [1.165, 1.54) is 30.6 Å². The zero-order valence-corrected chi connectivity index (χ0v) is 16.2. The maximum Gasteiger partial charge on any atom is 0.261 e. The second-order valence-electron chi connectivity index (χ2n) is 6.90. The minimum Gasteiger partial charge on any atom is -0.484 e. The molecule has 3 heterocycles. The number of nitrogens with one attached hydrogen (secondary N) is 1. The van der Waals surface area contributed by atoms with Crippen LogP contribution in [0.3, 0.4) is 0 Å². The molecule has 0 radical (unpaired) electrons. The van der Waals surface area contributed by atoms with Crippen molar-refractivity contribution in [1.82, 2.24) is 24.8 Å². The number of anilines is 2. The van der Waals surface area contributed by atoms with Crippen LogP contribution in [0.4, 0.5) is 16.0 Å². The third-order valence-corrected chi connectivity index (χ3v) is 4.83. The van der Waals surface area contributed by atoms with Gasteiger partial charge in [0.25, 0.3) is 5.91 Å². The molecule has 0 bridgehead atoms. The Hall–Kier alpha value is -3.62. The number of piperidine rings is 1. The lowest BCUT2D eigenvalue weighted by Gasteiger charge is -2.35. The molecular formula is C21H21FN6O2. The summed E-state index contributed by atoms with van der Waals surface area (Å²) < 4.78 is 18.6. The molecule has 0 spiro atoms. The van der Waals surface area contributed by atoms with Crippen LogP contribution in [0.25, 0.3) is 0 Å². The van der Waals surface area contributed by atoms with Gasteiger partial charge in [0.1, 0.15) is 17.9 Å². The second-order valence-corrected chi connectivity index (χ2v) is 6.90. The summed E-state index contributed by atoms with van der Waals surface area (Å²) in [5.74, 6) is 0.397. The van der Waals surface area contributed by atoms with Crippen LogP contribution >= 0.6 is 0 Å². The predicted molar refractivity (Wildman–Crippen MR) is 108 cm³/mol. The van der Waals surface area contributed by atoms with Crippen LogP contribution in [0.2, 0.25) is 0 Å². The van der Waals surface area contributed by atoms with Gasteiger partial charge < -0.3 is 15.0 Å². The van der Waals surface area contributed by atoms with Crippen LogP contribution in [0.15, 0.2) is 55.2 Å². The van der Waals surface area contributed by atoms with Crippen LogP contribution in [-0.2, 0) is 4.79 Å². The van der Waals surface area contributed by atoms with E-state index in [0.717, 1.165) is 25.0 Å². The van der Waals surface area contributed by atoms with E-state index < -0.39 is 0 Å². The summed E-state index contributed by atoms with van der Waals surface area (Å²) in [6, 6.07) is 7.29. The second kappa shape index (κ2) is 9.25. The Labute approximate surface area is 173 Å². The summed E-state index contributed by atoms with van der Waals surface area (Å²) in [5, 5.41) is 3.07. The highest BCUT2D eigenvalue weighted by molar-refractivity contribution is 5.78. The molecule has 1 amide bonds. The van der Waals surface area contributed by atoms with E-state index in [1.807, 2.05) is 6.07 Å². The van der Waals surface area contributed by atoms with Crippen molar-refractivity contribution in [2.24, 2.45) is 0 Å². The zero-order chi connectivity index (χ0) is 20.8. The molecule has 1 saturated heterocycles. The molecule has 1 fully saturated rings. The number of rotatable bonds is 6. The molecule has 9 heteroatoms. The lowest BCUT2D eigenvalue weighted by Crippen LogP contribution is -2.41. The van der Waals surface area contributed by atoms with E-state index in [4.69, 9.17) is 4.74 Å². The van der Waals surface area contributed by atoms with Gasteiger partial charge in [-0.15, -0.1) is 0 Å². The van der Waals surface area contributed by atoms with Gasteiger partial charge in [-0.3, -0.25) is 4.79 Å². The molecule has 3 aromatic rings. The van der Waals surface area contributed by atoms with E-state index in [9.17, 15) is 9.18 Å². The molecule has 2 aromatic heterocycles. The Bertz CT molecular complexity index is 986. The number of carbonyl (C=O) groups is 1. The fourth-order valence-electron chi connectivity index (χ4n) is 3.41. The number of likely N-dealkylation sites (tertiary alicyclic amines) is 1. The number of benzene rings is 1. The molecule has 1 aliphatic rings. The van der Waals surface area contributed by atoms with Crippen molar-refractivity contribution in [2.45, 2.75) is 25.3 Å². The molecule has 0 saturated carbocycles. The van der Waals surface area contributed by atoms with Gasteiger partial charge in [-0.25, -0.2) is 24.3 Å². The van der Waals surface area contributed by atoms with E-state index >= 15 is 0 Å². The normalized spacial score (nSPS) is 16.2. The summed E-state index contributed by atoms with van der Waals surface area (Å²) in [5.41, 5.74) is 1.44. The van der Waals surface area contributed by atoms with Crippen molar-refractivity contribution in [3.8, 4) is 5.75 Å². The van der Waals surface area contributed by atoms with Gasteiger partial charge in [0.2, 0.25) is 5.95 Å². The lowest BCUT2D eigenvalue weighted by atomic mass is 9.99. The SMILES string of the molecule is O=C(COc1ccc(F)cc1)N1CCCC[C@H]1c1ccnc(Nc2cncnc2)n1. The van der Waals surface area contributed by atoms with E-state index in [-0.39, 0.29) is 24.4 Å². The molecule has 4 rings (SSSR count).